The minimum Gasteiger partial charge on any atom is -0.334 e. The zero-order chi connectivity index (χ0) is 19.8. The molecule has 2 rings (SSSR count). The molecule has 2 N–H and O–H groups in total. The van der Waals surface area contributed by atoms with Crippen LogP contribution in [0.15, 0.2) is 24.3 Å². The van der Waals surface area contributed by atoms with E-state index in [4.69, 9.17) is 0 Å². The normalized spacial score (nSPS) is 14.1. The number of urea groups is 1. The predicted octanol–water partition coefficient (Wildman–Crippen LogP) is 3.15. The van der Waals surface area contributed by atoms with Crippen molar-refractivity contribution in [3.63, 3.8) is 0 Å². The number of likely N-dealkylation sites (N-methyl/N-ethyl adjacent to an activating group) is 1. The molecular formula is C21H34N4O2. The molecule has 3 amide bonds. The molecule has 1 aromatic carbocycles. The molecule has 6 heteroatoms. The lowest BCUT2D eigenvalue weighted by molar-refractivity contribution is -0.122. The summed E-state index contributed by atoms with van der Waals surface area (Å²) in [6.45, 7) is 6.95. The first-order chi connectivity index (χ1) is 12.8. The number of amides is 3. The summed E-state index contributed by atoms with van der Waals surface area (Å²) in [6.07, 6.45) is 3.12. The van der Waals surface area contributed by atoms with Crippen LogP contribution in [0.3, 0.4) is 0 Å². The lowest BCUT2D eigenvalue weighted by atomic mass is 9.85. The summed E-state index contributed by atoms with van der Waals surface area (Å²) in [5, 5.41) is 6.00. The highest BCUT2D eigenvalue weighted by Gasteiger charge is 2.25. The third-order valence-corrected chi connectivity index (χ3v) is 4.80. The van der Waals surface area contributed by atoms with Gasteiger partial charge in [-0.15, -0.1) is 0 Å². The van der Waals surface area contributed by atoms with E-state index in [0.29, 0.717) is 19.0 Å². The zero-order valence-corrected chi connectivity index (χ0v) is 17.1. The molecule has 0 aliphatic heterocycles. The maximum atomic E-state index is 12.6. The number of carbonyl (C=O) groups excluding carboxylic acids is 2. The van der Waals surface area contributed by atoms with Gasteiger partial charge < -0.3 is 20.4 Å². The highest BCUT2D eigenvalue weighted by molar-refractivity contribution is 5.93. The smallest absolute Gasteiger partial charge is 0.317 e. The molecule has 1 saturated carbocycles. The molecule has 1 aliphatic carbocycles. The molecule has 0 bridgehead atoms. The fraction of sp³-hybridized carbons (Fsp3) is 0.619. The minimum atomic E-state index is -0.0468. The van der Waals surface area contributed by atoms with Crippen molar-refractivity contribution < 1.29 is 9.59 Å². The number of anilines is 1. The lowest BCUT2D eigenvalue weighted by Gasteiger charge is -2.26. The largest absolute Gasteiger partial charge is 0.334 e. The van der Waals surface area contributed by atoms with E-state index in [-0.39, 0.29) is 17.9 Å². The van der Waals surface area contributed by atoms with Crippen molar-refractivity contribution in [1.29, 1.82) is 0 Å². The average molecular weight is 375 g/mol. The van der Waals surface area contributed by atoms with Crippen LogP contribution in [-0.2, 0) is 11.3 Å². The van der Waals surface area contributed by atoms with E-state index in [2.05, 4.69) is 29.4 Å². The van der Waals surface area contributed by atoms with Crippen LogP contribution in [0.1, 0.15) is 38.7 Å². The number of carbonyl (C=O) groups is 2. The monoisotopic (exact) mass is 374 g/mol. The maximum absolute atomic E-state index is 12.6. The van der Waals surface area contributed by atoms with E-state index in [1.54, 1.807) is 0 Å². The molecule has 1 fully saturated rings. The Hall–Kier alpha value is -2.08. The Morgan fingerprint density at radius 2 is 1.93 bits per heavy atom. The summed E-state index contributed by atoms with van der Waals surface area (Å²) in [7, 11) is 4.02. The molecule has 0 unspecified atom stereocenters. The number of nitrogens with zero attached hydrogens (tertiary/aromatic N) is 2. The summed E-state index contributed by atoms with van der Waals surface area (Å²) < 4.78 is 0. The molecule has 1 aliphatic rings. The van der Waals surface area contributed by atoms with Crippen molar-refractivity contribution >= 4 is 17.6 Å². The molecule has 27 heavy (non-hydrogen) atoms. The van der Waals surface area contributed by atoms with Crippen LogP contribution < -0.4 is 10.6 Å². The lowest BCUT2D eigenvalue weighted by Crippen LogP contribution is -2.44. The Balaban J connectivity index is 1.88. The van der Waals surface area contributed by atoms with Crippen LogP contribution >= 0.6 is 0 Å². The second-order valence-corrected chi connectivity index (χ2v) is 8.12. The molecule has 0 atom stereocenters. The molecule has 0 heterocycles. The van der Waals surface area contributed by atoms with Crippen molar-refractivity contribution in [3.8, 4) is 0 Å². The Kier molecular flexibility index (Phi) is 8.10. The molecule has 0 spiro atoms. The number of nitrogens with one attached hydrogen (secondary N) is 2. The van der Waals surface area contributed by atoms with E-state index in [9.17, 15) is 9.59 Å². The van der Waals surface area contributed by atoms with Crippen LogP contribution in [0, 0.1) is 11.8 Å². The van der Waals surface area contributed by atoms with Crippen molar-refractivity contribution in [2.45, 2.75) is 39.7 Å². The summed E-state index contributed by atoms with van der Waals surface area (Å²) in [4.78, 5) is 28.6. The summed E-state index contributed by atoms with van der Waals surface area (Å²) in [5.41, 5.74) is 1.78. The van der Waals surface area contributed by atoms with Gasteiger partial charge in [0.05, 0.1) is 0 Å². The van der Waals surface area contributed by atoms with Gasteiger partial charge in [0.25, 0.3) is 0 Å². The van der Waals surface area contributed by atoms with Gasteiger partial charge in [-0.3, -0.25) is 4.79 Å². The summed E-state index contributed by atoms with van der Waals surface area (Å²) >= 11 is 0. The van der Waals surface area contributed by atoms with Crippen LogP contribution in [0.5, 0.6) is 0 Å². The van der Waals surface area contributed by atoms with Crippen LogP contribution in [0.2, 0.25) is 0 Å². The Bertz CT molecular complexity index is 626. The molecule has 6 nitrogen and oxygen atoms in total. The fourth-order valence-corrected chi connectivity index (χ4v) is 3.00. The third kappa shape index (κ3) is 7.21. The summed E-state index contributed by atoms with van der Waals surface area (Å²) in [5.74, 6) is 0.687. The van der Waals surface area contributed by atoms with Gasteiger partial charge >= 0.3 is 6.03 Å². The molecule has 150 valence electrons. The maximum Gasteiger partial charge on any atom is 0.317 e. The SMILES string of the molecule is CC(C)CN(CCN(C)C)C(=O)NCc1cccc(NC(=O)C2CCC2)c1. The Morgan fingerprint density at radius 3 is 2.52 bits per heavy atom. The van der Waals surface area contributed by atoms with Gasteiger partial charge in [-0.2, -0.15) is 0 Å². The standard InChI is InChI=1S/C21H34N4O2/c1-16(2)15-25(12-11-24(3)4)21(27)22-14-17-7-5-10-19(13-17)23-20(26)18-8-6-9-18/h5,7,10,13,16,18H,6,8-9,11-12,14-15H2,1-4H3,(H,22,27)(H,23,26). The predicted molar refractivity (Wildman–Crippen MR) is 110 cm³/mol. The molecule has 0 aromatic heterocycles. The average Bonchev–Trinajstić information content (AvgIpc) is 2.54. The number of hydrogen-bond acceptors (Lipinski definition) is 3. The molecule has 0 radical (unpaired) electrons. The third-order valence-electron chi connectivity index (χ3n) is 4.80. The highest BCUT2D eigenvalue weighted by atomic mass is 16.2. The topological polar surface area (TPSA) is 64.7 Å². The van der Waals surface area contributed by atoms with Crippen LogP contribution in [0.25, 0.3) is 0 Å². The number of rotatable bonds is 9. The van der Waals surface area contributed by atoms with Gasteiger partial charge in [0, 0.05) is 37.8 Å². The Morgan fingerprint density at radius 1 is 1.19 bits per heavy atom. The highest BCUT2D eigenvalue weighted by Crippen LogP contribution is 2.27. The van der Waals surface area contributed by atoms with Gasteiger partial charge in [0.1, 0.15) is 0 Å². The van der Waals surface area contributed by atoms with Gasteiger partial charge in [0.2, 0.25) is 5.91 Å². The first-order valence-electron chi connectivity index (χ1n) is 9.92. The second kappa shape index (κ2) is 10.3. The minimum absolute atomic E-state index is 0.0468. The summed E-state index contributed by atoms with van der Waals surface area (Å²) in [6, 6.07) is 7.66. The van der Waals surface area contributed by atoms with Crippen molar-refractivity contribution in [3.05, 3.63) is 29.8 Å². The second-order valence-electron chi connectivity index (χ2n) is 8.12. The molecular weight excluding hydrogens is 340 g/mol. The quantitative estimate of drug-likeness (QED) is 0.698. The zero-order valence-electron chi connectivity index (χ0n) is 17.1. The van der Waals surface area contributed by atoms with E-state index in [0.717, 1.165) is 43.6 Å². The van der Waals surface area contributed by atoms with E-state index >= 15 is 0 Å². The first-order valence-corrected chi connectivity index (χ1v) is 9.92. The fourth-order valence-electron chi connectivity index (χ4n) is 3.00. The van der Waals surface area contributed by atoms with Gasteiger partial charge in [0.15, 0.2) is 0 Å². The van der Waals surface area contributed by atoms with Crippen molar-refractivity contribution in [2.75, 3.05) is 39.0 Å². The van der Waals surface area contributed by atoms with E-state index in [1.165, 1.54) is 0 Å². The van der Waals surface area contributed by atoms with Crippen LogP contribution in [-0.4, -0.2) is 55.5 Å². The number of hydrogen-bond donors (Lipinski definition) is 2. The number of benzene rings is 1. The van der Waals surface area contributed by atoms with Crippen molar-refractivity contribution in [2.24, 2.45) is 11.8 Å². The molecule has 0 saturated heterocycles. The van der Waals surface area contributed by atoms with E-state index < -0.39 is 0 Å². The van der Waals surface area contributed by atoms with Gasteiger partial charge in [-0.05, 0) is 50.6 Å². The van der Waals surface area contributed by atoms with Crippen molar-refractivity contribution in [1.82, 2.24) is 15.1 Å². The van der Waals surface area contributed by atoms with Gasteiger partial charge in [-0.25, -0.2) is 4.79 Å². The Labute approximate surface area is 163 Å². The molecule has 1 aromatic rings. The van der Waals surface area contributed by atoms with Gasteiger partial charge in [-0.1, -0.05) is 32.4 Å². The van der Waals surface area contributed by atoms with Crippen LogP contribution in [0.4, 0.5) is 10.5 Å². The van der Waals surface area contributed by atoms with E-state index in [1.807, 2.05) is 43.3 Å². The first kappa shape index (κ1) is 21.2.